The van der Waals surface area contributed by atoms with Gasteiger partial charge in [0.25, 0.3) is 0 Å². The molecular formula is C19H21F3N4O2. The summed E-state index contributed by atoms with van der Waals surface area (Å²) in [6.45, 7) is 5.89. The van der Waals surface area contributed by atoms with E-state index in [1.807, 2.05) is 28.3 Å². The summed E-state index contributed by atoms with van der Waals surface area (Å²) in [5.41, 5.74) is 1.73. The van der Waals surface area contributed by atoms with Gasteiger partial charge in [0.05, 0.1) is 19.8 Å². The van der Waals surface area contributed by atoms with E-state index in [2.05, 4.69) is 14.7 Å². The van der Waals surface area contributed by atoms with Crippen molar-refractivity contribution in [3.63, 3.8) is 0 Å². The summed E-state index contributed by atoms with van der Waals surface area (Å²) in [6.07, 6.45) is 1.12. The molecule has 1 aromatic carbocycles. The van der Waals surface area contributed by atoms with Gasteiger partial charge in [-0.15, -0.1) is 13.2 Å². The number of rotatable bonds is 5. The minimum atomic E-state index is -4.68. The zero-order chi connectivity index (χ0) is 19.6. The summed E-state index contributed by atoms with van der Waals surface area (Å²) < 4.78 is 46.1. The maximum absolute atomic E-state index is 12.3. The van der Waals surface area contributed by atoms with Crippen molar-refractivity contribution in [2.24, 2.45) is 5.10 Å². The lowest BCUT2D eigenvalue weighted by atomic mass is 10.0. The Hall–Kier alpha value is -2.52. The standard InChI is InChI=1S/C19H21F3N4O2/c20-19(21,22)28-17-4-1-15(2-5-17)16-3-6-18-23-26(14-25(18)13-16)8-7-24-9-11-27-12-10-24/h1-6,13H,7-12,14H2. The molecule has 150 valence electrons. The van der Waals surface area contributed by atoms with Crippen LogP contribution in [0, 0.1) is 0 Å². The Bertz CT molecular complexity index is 783. The SMILES string of the molecule is FC(F)(F)Oc1ccc(C2=CN3CN(CCN4CCOCC4)N=C3C=C2)cc1. The molecule has 0 unspecified atom stereocenters. The fourth-order valence-electron chi connectivity index (χ4n) is 3.32. The van der Waals surface area contributed by atoms with Crippen molar-refractivity contribution in [3.05, 3.63) is 48.2 Å². The maximum atomic E-state index is 12.3. The van der Waals surface area contributed by atoms with E-state index in [0.29, 0.717) is 6.67 Å². The number of hydrogen-bond acceptors (Lipinski definition) is 6. The Morgan fingerprint density at radius 3 is 2.50 bits per heavy atom. The first kappa shape index (κ1) is 18.8. The van der Waals surface area contributed by atoms with Crippen LogP contribution in [0.15, 0.2) is 47.7 Å². The van der Waals surface area contributed by atoms with Gasteiger partial charge in [-0.3, -0.25) is 9.91 Å². The molecule has 3 aliphatic heterocycles. The Balaban J connectivity index is 1.35. The number of hydrazone groups is 1. The minimum absolute atomic E-state index is 0.227. The molecule has 1 saturated heterocycles. The summed E-state index contributed by atoms with van der Waals surface area (Å²) in [5, 5.41) is 6.64. The molecule has 0 atom stereocenters. The van der Waals surface area contributed by atoms with Crippen LogP contribution in [0.1, 0.15) is 5.56 Å². The van der Waals surface area contributed by atoms with Gasteiger partial charge in [-0.2, -0.15) is 5.10 Å². The molecule has 0 aliphatic carbocycles. The topological polar surface area (TPSA) is 40.5 Å². The summed E-state index contributed by atoms with van der Waals surface area (Å²) >= 11 is 0. The molecule has 3 aliphatic rings. The number of nitrogens with zero attached hydrogens (tertiary/aromatic N) is 4. The van der Waals surface area contributed by atoms with Crippen LogP contribution in [0.5, 0.6) is 5.75 Å². The predicted molar refractivity (Wildman–Crippen MR) is 98.3 cm³/mol. The van der Waals surface area contributed by atoms with Crippen LogP contribution in [-0.2, 0) is 4.74 Å². The number of amidine groups is 1. The lowest BCUT2D eigenvalue weighted by Gasteiger charge is -2.28. The number of allylic oxidation sites excluding steroid dienone is 2. The van der Waals surface area contributed by atoms with Crippen LogP contribution in [0.25, 0.3) is 5.57 Å². The first-order valence-electron chi connectivity index (χ1n) is 9.13. The van der Waals surface area contributed by atoms with Gasteiger partial charge in [0.15, 0.2) is 5.84 Å². The van der Waals surface area contributed by atoms with Gasteiger partial charge < -0.3 is 14.4 Å². The first-order chi connectivity index (χ1) is 13.5. The number of fused-ring (bicyclic) bond motifs is 1. The van der Waals surface area contributed by atoms with E-state index >= 15 is 0 Å². The molecule has 0 saturated carbocycles. The van der Waals surface area contributed by atoms with Crippen LogP contribution >= 0.6 is 0 Å². The Labute approximate surface area is 161 Å². The number of ether oxygens (including phenoxy) is 2. The monoisotopic (exact) mass is 394 g/mol. The third kappa shape index (κ3) is 4.66. The van der Waals surface area contributed by atoms with Crippen molar-refractivity contribution in [2.45, 2.75) is 6.36 Å². The highest BCUT2D eigenvalue weighted by molar-refractivity contribution is 6.00. The molecule has 1 aromatic rings. The van der Waals surface area contributed by atoms with Crippen molar-refractivity contribution in [2.75, 3.05) is 46.1 Å². The van der Waals surface area contributed by atoms with E-state index in [1.54, 1.807) is 12.1 Å². The molecule has 6 nitrogen and oxygen atoms in total. The molecule has 1 fully saturated rings. The number of halogens is 3. The molecule has 0 N–H and O–H groups in total. The van der Waals surface area contributed by atoms with E-state index in [0.717, 1.165) is 56.4 Å². The molecular weight excluding hydrogens is 373 g/mol. The highest BCUT2D eigenvalue weighted by atomic mass is 19.4. The van der Waals surface area contributed by atoms with Gasteiger partial charge in [0.2, 0.25) is 0 Å². The third-order valence-corrected chi connectivity index (χ3v) is 4.76. The predicted octanol–water partition coefficient (Wildman–Crippen LogP) is 2.72. The van der Waals surface area contributed by atoms with E-state index < -0.39 is 6.36 Å². The lowest BCUT2D eigenvalue weighted by molar-refractivity contribution is -0.274. The number of morpholine rings is 1. The van der Waals surface area contributed by atoms with Gasteiger partial charge in [-0.1, -0.05) is 12.1 Å². The van der Waals surface area contributed by atoms with Gasteiger partial charge in [-0.05, 0) is 35.4 Å². The molecule has 4 rings (SSSR count). The highest BCUT2D eigenvalue weighted by Gasteiger charge is 2.31. The normalized spacial score (nSPS) is 20.1. The van der Waals surface area contributed by atoms with Crippen molar-refractivity contribution in [3.8, 4) is 5.75 Å². The zero-order valence-electron chi connectivity index (χ0n) is 15.2. The van der Waals surface area contributed by atoms with Crippen LogP contribution < -0.4 is 4.74 Å². The van der Waals surface area contributed by atoms with Gasteiger partial charge >= 0.3 is 6.36 Å². The van der Waals surface area contributed by atoms with E-state index in [-0.39, 0.29) is 5.75 Å². The Morgan fingerprint density at radius 1 is 1.04 bits per heavy atom. The van der Waals surface area contributed by atoms with Crippen molar-refractivity contribution in [1.29, 1.82) is 0 Å². The zero-order valence-corrected chi connectivity index (χ0v) is 15.2. The molecule has 0 amide bonds. The molecule has 0 bridgehead atoms. The lowest BCUT2D eigenvalue weighted by Crippen LogP contribution is -2.40. The second-order valence-electron chi connectivity index (χ2n) is 6.74. The average molecular weight is 394 g/mol. The van der Waals surface area contributed by atoms with Gasteiger partial charge in [0, 0.05) is 25.8 Å². The molecule has 28 heavy (non-hydrogen) atoms. The Kier molecular flexibility index (Phi) is 5.27. The first-order valence-corrected chi connectivity index (χ1v) is 9.13. The summed E-state index contributed by atoms with van der Waals surface area (Å²) in [4.78, 5) is 4.40. The largest absolute Gasteiger partial charge is 0.573 e. The minimum Gasteiger partial charge on any atom is -0.406 e. The van der Waals surface area contributed by atoms with Crippen molar-refractivity contribution >= 4 is 11.4 Å². The van der Waals surface area contributed by atoms with Crippen LogP contribution in [0.4, 0.5) is 13.2 Å². The van der Waals surface area contributed by atoms with E-state index in [9.17, 15) is 13.2 Å². The highest BCUT2D eigenvalue weighted by Crippen LogP contribution is 2.27. The summed E-state index contributed by atoms with van der Waals surface area (Å²) in [7, 11) is 0. The molecule has 0 aromatic heterocycles. The fraction of sp³-hybridized carbons (Fsp3) is 0.421. The second-order valence-corrected chi connectivity index (χ2v) is 6.74. The van der Waals surface area contributed by atoms with E-state index in [1.165, 1.54) is 12.1 Å². The third-order valence-electron chi connectivity index (χ3n) is 4.76. The molecule has 0 spiro atoms. The summed E-state index contributed by atoms with van der Waals surface area (Å²) in [6, 6.07) is 5.87. The number of benzene rings is 1. The van der Waals surface area contributed by atoms with Gasteiger partial charge in [-0.25, -0.2) is 0 Å². The smallest absolute Gasteiger partial charge is 0.406 e. The second kappa shape index (κ2) is 7.84. The fourth-order valence-corrected chi connectivity index (χ4v) is 3.32. The maximum Gasteiger partial charge on any atom is 0.573 e. The average Bonchev–Trinajstić information content (AvgIpc) is 3.09. The van der Waals surface area contributed by atoms with Crippen LogP contribution in [-0.4, -0.2) is 73.1 Å². The van der Waals surface area contributed by atoms with Crippen molar-refractivity contribution in [1.82, 2.24) is 14.8 Å². The summed E-state index contributed by atoms with van der Waals surface area (Å²) in [5.74, 6) is 0.636. The molecule has 0 radical (unpaired) electrons. The molecule has 3 heterocycles. The van der Waals surface area contributed by atoms with Gasteiger partial charge in [0.1, 0.15) is 12.4 Å². The van der Waals surface area contributed by atoms with Crippen LogP contribution in [0.3, 0.4) is 0 Å². The Morgan fingerprint density at radius 2 is 1.79 bits per heavy atom. The number of hydrogen-bond donors (Lipinski definition) is 0. The molecule has 9 heteroatoms. The van der Waals surface area contributed by atoms with Crippen LogP contribution in [0.2, 0.25) is 0 Å². The van der Waals surface area contributed by atoms with Crippen molar-refractivity contribution < 1.29 is 22.6 Å². The van der Waals surface area contributed by atoms with E-state index in [4.69, 9.17) is 4.74 Å². The quantitative estimate of drug-likeness (QED) is 0.768. The number of alkyl halides is 3.